The van der Waals surface area contributed by atoms with E-state index < -0.39 is 0 Å². The Morgan fingerprint density at radius 1 is 1.13 bits per heavy atom. The Morgan fingerprint density at radius 2 is 1.87 bits per heavy atom. The summed E-state index contributed by atoms with van der Waals surface area (Å²) in [5.74, 6) is -0.104. The van der Waals surface area contributed by atoms with Crippen molar-refractivity contribution < 1.29 is 4.79 Å². The molecule has 0 unspecified atom stereocenters. The van der Waals surface area contributed by atoms with Gasteiger partial charge in [0.25, 0.3) is 0 Å². The molecule has 4 heteroatoms. The third-order valence-electron chi connectivity index (χ3n) is 1.92. The van der Waals surface area contributed by atoms with Gasteiger partial charge in [-0.05, 0) is 6.07 Å². The molecule has 3 nitrogen and oxygen atoms in total. The second-order valence-electron chi connectivity index (χ2n) is 2.96. The van der Waals surface area contributed by atoms with Crippen molar-refractivity contribution in [3.63, 3.8) is 0 Å². The van der Waals surface area contributed by atoms with Crippen molar-refractivity contribution in [3.05, 3.63) is 58.9 Å². The molecule has 0 saturated carbocycles. The minimum absolute atomic E-state index is 0.104. The lowest BCUT2D eigenvalue weighted by Crippen LogP contribution is -2.02. The van der Waals surface area contributed by atoms with Crippen LogP contribution in [-0.4, -0.2) is 16.0 Å². The van der Waals surface area contributed by atoms with Crippen molar-refractivity contribution in [1.29, 1.82) is 0 Å². The number of carbonyl (C=O) groups is 1. The van der Waals surface area contributed by atoms with Gasteiger partial charge in [-0.1, -0.05) is 41.9 Å². The van der Waals surface area contributed by atoms with Crippen molar-refractivity contribution in [3.8, 4) is 0 Å². The average Bonchev–Trinajstić information content (AvgIpc) is 2.29. The highest BCUT2D eigenvalue weighted by molar-refractivity contribution is 6.29. The minimum Gasteiger partial charge on any atom is -0.289 e. The summed E-state index contributed by atoms with van der Waals surface area (Å²) in [7, 11) is 0. The Balaban J connectivity index is 2.37. The zero-order chi connectivity index (χ0) is 10.7. The van der Waals surface area contributed by atoms with Gasteiger partial charge in [0, 0.05) is 11.1 Å². The Bertz CT molecular complexity index is 485. The maximum Gasteiger partial charge on any atom is 0.194 e. The molecule has 1 aromatic heterocycles. The first kappa shape index (κ1) is 9.80. The van der Waals surface area contributed by atoms with Gasteiger partial charge in [-0.3, -0.25) is 4.79 Å². The van der Waals surface area contributed by atoms with Crippen molar-refractivity contribution >= 4 is 17.4 Å². The molecule has 0 N–H and O–H groups in total. The van der Waals surface area contributed by atoms with Crippen LogP contribution >= 0.6 is 11.6 Å². The largest absolute Gasteiger partial charge is 0.289 e. The fraction of sp³-hybridized carbons (Fsp3) is 0. The highest BCUT2D eigenvalue weighted by atomic mass is 35.5. The molecule has 0 atom stereocenters. The Morgan fingerprint density at radius 3 is 2.53 bits per heavy atom. The second kappa shape index (κ2) is 4.19. The third-order valence-corrected chi connectivity index (χ3v) is 2.11. The van der Waals surface area contributed by atoms with Gasteiger partial charge in [0.1, 0.15) is 0 Å². The summed E-state index contributed by atoms with van der Waals surface area (Å²) in [5.41, 5.74) is 1.06. The molecular weight excluding hydrogens is 212 g/mol. The zero-order valence-electron chi connectivity index (χ0n) is 7.72. The molecule has 0 aliphatic rings. The van der Waals surface area contributed by atoms with Gasteiger partial charge in [0.15, 0.2) is 10.9 Å². The number of rotatable bonds is 2. The number of carbonyl (C=O) groups excluding carboxylic acids is 1. The van der Waals surface area contributed by atoms with Crippen LogP contribution in [0.3, 0.4) is 0 Å². The monoisotopic (exact) mass is 218 g/mol. The van der Waals surface area contributed by atoms with Gasteiger partial charge in [0.2, 0.25) is 0 Å². The number of nitrogens with zero attached hydrogens (tertiary/aromatic N) is 2. The molecule has 0 spiro atoms. The maximum atomic E-state index is 11.9. The maximum absolute atomic E-state index is 11.9. The van der Waals surface area contributed by atoms with E-state index >= 15 is 0 Å². The molecule has 0 aliphatic heterocycles. The van der Waals surface area contributed by atoms with Crippen molar-refractivity contribution in [2.45, 2.75) is 0 Å². The number of benzene rings is 1. The van der Waals surface area contributed by atoms with E-state index in [1.807, 2.05) is 18.2 Å². The number of hydrogen-bond donors (Lipinski definition) is 0. The second-order valence-corrected chi connectivity index (χ2v) is 3.35. The lowest BCUT2D eigenvalue weighted by molar-refractivity contribution is 0.103. The van der Waals surface area contributed by atoms with Crippen LogP contribution in [-0.2, 0) is 0 Å². The normalized spacial score (nSPS) is 9.93. The summed E-state index contributed by atoms with van der Waals surface area (Å²) in [6, 6.07) is 10.5. The van der Waals surface area contributed by atoms with Gasteiger partial charge in [0.05, 0.1) is 6.20 Å². The van der Waals surface area contributed by atoms with Gasteiger partial charge in [-0.15, -0.1) is 5.10 Å². The standard InChI is InChI=1S/C11H7ClN2O/c12-10-6-9(7-13-14-10)11(15)8-4-2-1-3-5-8/h1-7H. The first-order chi connectivity index (χ1) is 7.27. The predicted molar refractivity (Wildman–Crippen MR) is 56.9 cm³/mol. The van der Waals surface area contributed by atoms with Crippen molar-refractivity contribution in [2.75, 3.05) is 0 Å². The fourth-order valence-corrected chi connectivity index (χ4v) is 1.38. The summed E-state index contributed by atoms with van der Waals surface area (Å²) in [6.45, 7) is 0. The van der Waals surface area contributed by atoms with E-state index in [9.17, 15) is 4.79 Å². The molecule has 1 aromatic carbocycles. The van der Waals surface area contributed by atoms with Crippen LogP contribution in [0.2, 0.25) is 5.15 Å². The van der Waals surface area contributed by atoms with Crippen molar-refractivity contribution in [2.24, 2.45) is 0 Å². The summed E-state index contributed by atoms with van der Waals surface area (Å²) < 4.78 is 0. The van der Waals surface area contributed by atoms with Crippen LogP contribution in [0.1, 0.15) is 15.9 Å². The first-order valence-corrected chi connectivity index (χ1v) is 4.73. The van der Waals surface area contributed by atoms with Crippen LogP contribution in [0, 0.1) is 0 Å². The molecule has 0 fully saturated rings. The Hall–Kier alpha value is -1.74. The van der Waals surface area contributed by atoms with E-state index in [4.69, 9.17) is 11.6 Å². The van der Waals surface area contributed by atoms with E-state index in [2.05, 4.69) is 10.2 Å². The molecule has 15 heavy (non-hydrogen) atoms. The number of hydrogen-bond acceptors (Lipinski definition) is 3. The van der Waals surface area contributed by atoms with E-state index in [1.54, 1.807) is 12.1 Å². The molecule has 0 saturated heterocycles. The fourth-order valence-electron chi connectivity index (χ4n) is 1.22. The predicted octanol–water partition coefficient (Wildman–Crippen LogP) is 2.36. The summed E-state index contributed by atoms with van der Waals surface area (Å²) in [6.07, 6.45) is 1.40. The van der Waals surface area contributed by atoms with E-state index in [-0.39, 0.29) is 10.9 Å². The summed E-state index contributed by atoms with van der Waals surface area (Å²) in [4.78, 5) is 11.9. The minimum atomic E-state index is -0.104. The van der Waals surface area contributed by atoms with Gasteiger partial charge < -0.3 is 0 Å². The number of aromatic nitrogens is 2. The number of halogens is 1. The lowest BCUT2D eigenvalue weighted by Gasteiger charge is -1.99. The van der Waals surface area contributed by atoms with E-state index in [0.717, 1.165) is 0 Å². The molecule has 0 aliphatic carbocycles. The summed E-state index contributed by atoms with van der Waals surface area (Å²) in [5, 5.41) is 7.43. The van der Waals surface area contributed by atoms with Crippen LogP contribution in [0.15, 0.2) is 42.6 Å². The van der Waals surface area contributed by atoms with E-state index in [1.165, 1.54) is 12.3 Å². The van der Waals surface area contributed by atoms with Crippen LogP contribution < -0.4 is 0 Å². The molecule has 0 bridgehead atoms. The van der Waals surface area contributed by atoms with Crippen LogP contribution in [0.25, 0.3) is 0 Å². The van der Waals surface area contributed by atoms with Crippen LogP contribution in [0.4, 0.5) is 0 Å². The Kier molecular flexibility index (Phi) is 2.74. The Labute approximate surface area is 91.7 Å². The lowest BCUT2D eigenvalue weighted by atomic mass is 10.1. The SMILES string of the molecule is O=C(c1ccccc1)c1cnnc(Cl)c1. The zero-order valence-corrected chi connectivity index (χ0v) is 8.48. The van der Waals surface area contributed by atoms with Gasteiger partial charge in [-0.25, -0.2) is 0 Å². The number of ketones is 1. The van der Waals surface area contributed by atoms with Crippen molar-refractivity contribution in [1.82, 2.24) is 10.2 Å². The highest BCUT2D eigenvalue weighted by Crippen LogP contribution is 2.11. The highest BCUT2D eigenvalue weighted by Gasteiger charge is 2.09. The summed E-state index contributed by atoms with van der Waals surface area (Å²) >= 11 is 5.65. The van der Waals surface area contributed by atoms with Gasteiger partial charge >= 0.3 is 0 Å². The third kappa shape index (κ3) is 2.19. The molecule has 0 amide bonds. The molecule has 1 heterocycles. The average molecular weight is 219 g/mol. The first-order valence-electron chi connectivity index (χ1n) is 4.35. The quantitative estimate of drug-likeness (QED) is 0.727. The molecule has 74 valence electrons. The smallest absolute Gasteiger partial charge is 0.194 e. The molecule has 2 rings (SSSR count). The van der Waals surface area contributed by atoms with Gasteiger partial charge in [-0.2, -0.15) is 5.10 Å². The van der Waals surface area contributed by atoms with E-state index in [0.29, 0.717) is 11.1 Å². The topological polar surface area (TPSA) is 42.9 Å². The molecule has 0 radical (unpaired) electrons. The van der Waals surface area contributed by atoms with Crippen LogP contribution in [0.5, 0.6) is 0 Å². The molecule has 2 aromatic rings. The molecular formula is C11H7ClN2O.